The quantitative estimate of drug-likeness (QED) is 0.439. The molecule has 0 saturated heterocycles. The Morgan fingerprint density at radius 1 is 1.27 bits per heavy atom. The molecule has 0 fully saturated rings. The number of esters is 2. The fourth-order valence-electron chi connectivity index (χ4n) is 0.700. The van der Waals surface area contributed by atoms with E-state index in [1.165, 1.54) is 0 Å². The summed E-state index contributed by atoms with van der Waals surface area (Å²) in [6, 6.07) is 0. The SMILES string of the molecule is CC(C)OC(=O)CCOC(=O)CO[C]=O. The summed E-state index contributed by atoms with van der Waals surface area (Å²) in [5.41, 5.74) is 0. The zero-order chi connectivity index (χ0) is 11.7. The zero-order valence-electron chi connectivity index (χ0n) is 8.65. The van der Waals surface area contributed by atoms with Crippen LogP contribution in [0.4, 0.5) is 0 Å². The average molecular weight is 217 g/mol. The number of carbonyl (C=O) groups is 2. The minimum absolute atomic E-state index is 0.0191. The van der Waals surface area contributed by atoms with Gasteiger partial charge in [-0.15, -0.1) is 0 Å². The standard InChI is InChI=1S/C9H13O6/c1-7(2)15-8(11)3-4-14-9(12)5-13-6-10/h7H,3-5H2,1-2H3. The Kier molecular flexibility index (Phi) is 6.96. The third kappa shape index (κ3) is 8.73. The maximum absolute atomic E-state index is 10.9. The summed E-state index contributed by atoms with van der Waals surface area (Å²) in [5.74, 6) is -1.17. The molecule has 0 bridgehead atoms. The second-order valence-corrected chi connectivity index (χ2v) is 2.88. The van der Waals surface area contributed by atoms with E-state index in [9.17, 15) is 14.4 Å². The van der Waals surface area contributed by atoms with Crippen molar-refractivity contribution in [1.29, 1.82) is 0 Å². The van der Waals surface area contributed by atoms with E-state index in [1.54, 1.807) is 13.8 Å². The topological polar surface area (TPSA) is 78.9 Å². The van der Waals surface area contributed by atoms with Crippen LogP contribution in [0.3, 0.4) is 0 Å². The van der Waals surface area contributed by atoms with Crippen LogP contribution in [0, 0.1) is 0 Å². The molecule has 6 nitrogen and oxygen atoms in total. The lowest BCUT2D eigenvalue weighted by atomic mass is 10.4. The number of hydrogen-bond acceptors (Lipinski definition) is 6. The molecule has 0 atom stereocenters. The summed E-state index contributed by atoms with van der Waals surface area (Å²) < 4.78 is 13.4. The maximum Gasteiger partial charge on any atom is 0.418 e. The van der Waals surface area contributed by atoms with Crippen LogP contribution in [0.1, 0.15) is 20.3 Å². The normalized spacial score (nSPS) is 9.53. The first-order valence-corrected chi connectivity index (χ1v) is 4.40. The van der Waals surface area contributed by atoms with E-state index in [0.717, 1.165) is 6.47 Å². The smallest absolute Gasteiger partial charge is 0.418 e. The molecule has 0 aromatic heterocycles. The highest BCUT2D eigenvalue weighted by atomic mass is 16.6. The summed E-state index contributed by atoms with van der Waals surface area (Å²) in [5, 5.41) is 0. The van der Waals surface area contributed by atoms with Crippen LogP contribution in [-0.4, -0.2) is 37.7 Å². The van der Waals surface area contributed by atoms with Gasteiger partial charge in [-0.05, 0) is 13.8 Å². The number of carbonyl (C=O) groups excluding carboxylic acids is 3. The van der Waals surface area contributed by atoms with Gasteiger partial charge >= 0.3 is 18.4 Å². The molecule has 0 spiro atoms. The number of ether oxygens (including phenoxy) is 3. The van der Waals surface area contributed by atoms with E-state index in [0.29, 0.717) is 0 Å². The summed E-state index contributed by atoms with van der Waals surface area (Å²) in [6.07, 6.45) is -0.212. The third-order valence-electron chi connectivity index (χ3n) is 1.19. The Hall–Kier alpha value is -1.59. The van der Waals surface area contributed by atoms with Gasteiger partial charge in [0.2, 0.25) is 0 Å². The van der Waals surface area contributed by atoms with Gasteiger partial charge in [0.15, 0.2) is 6.61 Å². The van der Waals surface area contributed by atoms with Gasteiger partial charge in [0.05, 0.1) is 12.5 Å². The predicted octanol–water partition coefficient (Wildman–Crippen LogP) is -0.0449. The highest BCUT2D eigenvalue weighted by molar-refractivity contribution is 5.73. The van der Waals surface area contributed by atoms with Crippen LogP contribution in [0.25, 0.3) is 0 Å². The molecule has 0 amide bonds. The van der Waals surface area contributed by atoms with Crippen LogP contribution < -0.4 is 0 Å². The minimum Gasteiger partial charge on any atom is -0.463 e. The van der Waals surface area contributed by atoms with Gasteiger partial charge in [0.25, 0.3) is 0 Å². The molecule has 0 aliphatic heterocycles. The van der Waals surface area contributed by atoms with Crippen LogP contribution in [-0.2, 0) is 28.6 Å². The molecule has 85 valence electrons. The first kappa shape index (κ1) is 13.4. The number of rotatable bonds is 7. The Labute approximate surface area is 87.5 Å². The van der Waals surface area contributed by atoms with E-state index in [2.05, 4.69) is 9.47 Å². The second-order valence-electron chi connectivity index (χ2n) is 2.88. The molecule has 0 unspecified atom stereocenters. The summed E-state index contributed by atoms with van der Waals surface area (Å²) in [7, 11) is 0. The van der Waals surface area contributed by atoms with Gasteiger partial charge in [-0.1, -0.05) is 0 Å². The Morgan fingerprint density at radius 2 is 1.93 bits per heavy atom. The molecule has 1 radical (unpaired) electrons. The highest BCUT2D eigenvalue weighted by Gasteiger charge is 2.08. The van der Waals surface area contributed by atoms with E-state index in [1.807, 2.05) is 0 Å². The molecule has 0 heterocycles. The molecule has 0 aliphatic carbocycles. The molecular formula is C9H13O6. The van der Waals surface area contributed by atoms with Gasteiger partial charge in [0.1, 0.15) is 6.61 Å². The Bertz CT molecular complexity index is 223. The van der Waals surface area contributed by atoms with Gasteiger partial charge in [-0.3, -0.25) is 4.79 Å². The number of hydrogen-bond donors (Lipinski definition) is 0. The average Bonchev–Trinajstić information content (AvgIpc) is 2.13. The molecule has 0 aromatic rings. The van der Waals surface area contributed by atoms with Crippen LogP contribution in [0.15, 0.2) is 0 Å². The summed E-state index contributed by atoms with van der Waals surface area (Å²) in [4.78, 5) is 31.3. The fraction of sp³-hybridized carbons (Fsp3) is 0.667. The van der Waals surface area contributed by atoms with E-state index >= 15 is 0 Å². The van der Waals surface area contributed by atoms with Crippen molar-refractivity contribution < 1.29 is 28.6 Å². The van der Waals surface area contributed by atoms with Crippen molar-refractivity contribution in [3.05, 3.63) is 0 Å². The molecule has 0 rings (SSSR count). The van der Waals surface area contributed by atoms with Gasteiger partial charge in [-0.2, -0.15) is 0 Å². The molecule has 0 saturated carbocycles. The third-order valence-corrected chi connectivity index (χ3v) is 1.19. The fourth-order valence-corrected chi connectivity index (χ4v) is 0.700. The first-order chi connectivity index (χ1) is 7.06. The van der Waals surface area contributed by atoms with Crippen LogP contribution in [0.5, 0.6) is 0 Å². The lowest BCUT2D eigenvalue weighted by Gasteiger charge is -2.07. The zero-order valence-corrected chi connectivity index (χ0v) is 8.65. The van der Waals surface area contributed by atoms with Crippen molar-refractivity contribution in [2.75, 3.05) is 13.2 Å². The molecule has 6 heteroatoms. The van der Waals surface area contributed by atoms with Gasteiger partial charge in [-0.25, -0.2) is 9.59 Å². The first-order valence-electron chi connectivity index (χ1n) is 4.40. The minimum atomic E-state index is -0.726. The largest absolute Gasteiger partial charge is 0.463 e. The van der Waals surface area contributed by atoms with Crippen molar-refractivity contribution in [3.8, 4) is 0 Å². The molecule has 0 aromatic carbocycles. The maximum atomic E-state index is 10.9. The van der Waals surface area contributed by atoms with E-state index in [-0.39, 0.29) is 19.1 Å². The Balaban J connectivity index is 3.48. The monoisotopic (exact) mass is 217 g/mol. The van der Waals surface area contributed by atoms with Crippen molar-refractivity contribution >= 4 is 18.4 Å². The van der Waals surface area contributed by atoms with E-state index < -0.39 is 18.5 Å². The molecule has 0 aliphatic rings. The lowest BCUT2D eigenvalue weighted by Crippen LogP contribution is -2.17. The van der Waals surface area contributed by atoms with E-state index in [4.69, 9.17) is 4.74 Å². The summed E-state index contributed by atoms with van der Waals surface area (Å²) >= 11 is 0. The lowest BCUT2D eigenvalue weighted by molar-refractivity contribution is -0.152. The Morgan fingerprint density at radius 3 is 2.47 bits per heavy atom. The molecule has 0 N–H and O–H groups in total. The van der Waals surface area contributed by atoms with Gasteiger partial charge < -0.3 is 14.2 Å². The summed E-state index contributed by atoms with van der Waals surface area (Å²) in [6.45, 7) is 3.93. The highest BCUT2D eigenvalue weighted by Crippen LogP contribution is 1.94. The van der Waals surface area contributed by atoms with Crippen molar-refractivity contribution in [1.82, 2.24) is 0 Å². The van der Waals surface area contributed by atoms with Crippen molar-refractivity contribution in [3.63, 3.8) is 0 Å². The molecular weight excluding hydrogens is 204 g/mol. The van der Waals surface area contributed by atoms with Crippen molar-refractivity contribution in [2.24, 2.45) is 0 Å². The predicted molar refractivity (Wildman–Crippen MR) is 48.4 cm³/mol. The van der Waals surface area contributed by atoms with Gasteiger partial charge in [0, 0.05) is 0 Å². The van der Waals surface area contributed by atoms with Crippen LogP contribution in [0.2, 0.25) is 0 Å². The van der Waals surface area contributed by atoms with Crippen LogP contribution >= 0.6 is 0 Å². The molecule has 15 heavy (non-hydrogen) atoms. The van der Waals surface area contributed by atoms with Crippen molar-refractivity contribution in [2.45, 2.75) is 26.4 Å². The second kappa shape index (κ2) is 7.78.